The summed E-state index contributed by atoms with van der Waals surface area (Å²) in [5.74, 6) is -0.447. The van der Waals surface area contributed by atoms with Crippen molar-refractivity contribution < 1.29 is 14.7 Å². The predicted octanol–water partition coefficient (Wildman–Crippen LogP) is 3.29. The van der Waals surface area contributed by atoms with Gasteiger partial charge in [-0.2, -0.15) is 0 Å². The van der Waals surface area contributed by atoms with Crippen LogP contribution in [0.4, 0.5) is 0 Å². The van der Waals surface area contributed by atoms with Crippen molar-refractivity contribution in [3.8, 4) is 0 Å². The van der Waals surface area contributed by atoms with Crippen LogP contribution < -0.4 is 0 Å². The van der Waals surface area contributed by atoms with Crippen molar-refractivity contribution in [2.24, 2.45) is 0 Å². The summed E-state index contributed by atoms with van der Waals surface area (Å²) in [5.41, 5.74) is 1.79. The van der Waals surface area contributed by atoms with Gasteiger partial charge in [-0.25, -0.2) is 0 Å². The Hall–Kier alpha value is -1.75. The lowest BCUT2D eigenvalue weighted by Gasteiger charge is -2.20. The number of hydrogen-bond donors (Lipinski definition) is 1. The van der Waals surface area contributed by atoms with Crippen LogP contribution in [-0.2, 0) is 4.79 Å². The van der Waals surface area contributed by atoms with Crippen molar-refractivity contribution >= 4 is 23.6 Å². The molecule has 1 rings (SSSR count). The first-order chi connectivity index (χ1) is 9.95. The third-order valence-electron chi connectivity index (χ3n) is 2.84. The van der Waals surface area contributed by atoms with E-state index in [0.717, 1.165) is 10.6 Å². The normalized spacial score (nSPS) is 10.0. The van der Waals surface area contributed by atoms with Crippen molar-refractivity contribution in [3.63, 3.8) is 0 Å². The molecular weight excluding hydrogens is 286 g/mol. The number of thioether (sulfide) groups is 1. The molecule has 0 spiro atoms. The SMILES string of the molecule is CCN(CC(=O)O)C(=O)c1ccccc1SCC=C(C)C. The maximum atomic E-state index is 12.5. The second kappa shape index (κ2) is 8.52. The van der Waals surface area contributed by atoms with Gasteiger partial charge < -0.3 is 10.0 Å². The minimum Gasteiger partial charge on any atom is -0.480 e. The van der Waals surface area contributed by atoms with Crippen LogP contribution in [0.2, 0.25) is 0 Å². The molecule has 0 saturated carbocycles. The zero-order chi connectivity index (χ0) is 15.8. The summed E-state index contributed by atoms with van der Waals surface area (Å²) in [7, 11) is 0. The number of nitrogens with zero attached hydrogens (tertiary/aromatic N) is 1. The van der Waals surface area contributed by atoms with Gasteiger partial charge in [-0.05, 0) is 32.9 Å². The zero-order valence-electron chi connectivity index (χ0n) is 12.6. The first-order valence-corrected chi connectivity index (χ1v) is 7.80. The Morgan fingerprint density at radius 3 is 2.52 bits per heavy atom. The Morgan fingerprint density at radius 1 is 1.29 bits per heavy atom. The first-order valence-electron chi connectivity index (χ1n) is 6.82. The van der Waals surface area contributed by atoms with Gasteiger partial charge in [0.15, 0.2) is 0 Å². The fourth-order valence-electron chi connectivity index (χ4n) is 1.73. The molecule has 0 bridgehead atoms. The third kappa shape index (κ3) is 5.63. The number of allylic oxidation sites excluding steroid dienone is 1. The number of aliphatic carboxylic acids is 1. The minimum atomic E-state index is -1.00. The predicted molar refractivity (Wildman–Crippen MR) is 85.8 cm³/mol. The number of rotatable bonds is 7. The second-order valence-corrected chi connectivity index (χ2v) is 5.86. The van der Waals surface area contributed by atoms with Crippen molar-refractivity contribution in [1.82, 2.24) is 4.90 Å². The highest BCUT2D eigenvalue weighted by molar-refractivity contribution is 7.99. The monoisotopic (exact) mass is 307 g/mol. The molecule has 114 valence electrons. The maximum absolute atomic E-state index is 12.5. The number of hydrogen-bond acceptors (Lipinski definition) is 3. The first kappa shape index (κ1) is 17.3. The van der Waals surface area contributed by atoms with Gasteiger partial charge in [-0.15, -0.1) is 11.8 Å². The van der Waals surface area contributed by atoms with Crippen molar-refractivity contribution in [2.75, 3.05) is 18.8 Å². The average molecular weight is 307 g/mol. The number of carboxylic acids is 1. The number of likely N-dealkylation sites (N-methyl/N-ethyl adjacent to an activating group) is 1. The van der Waals surface area contributed by atoms with Gasteiger partial charge in [0.2, 0.25) is 0 Å². The van der Waals surface area contributed by atoms with E-state index in [2.05, 4.69) is 6.08 Å². The lowest BCUT2D eigenvalue weighted by molar-refractivity contribution is -0.137. The number of carboxylic acid groups (broad SMARTS) is 1. The average Bonchev–Trinajstić information content (AvgIpc) is 2.44. The molecule has 4 nitrogen and oxygen atoms in total. The van der Waals surface area contributed by atoms with Gasteiger partial charge in [-0.1, -0.05) is 23.8 Å². The molecule has 1 N–H and O–H groups in total. The molecule has 0 fully saturated rings. The van der Waals surface area contributed by atoms with E-state index in [9.17, 15) is 9.59 Å². The van der Waals surface area contributed by atoms with E-state index in [0.29, 0.717) is 12.1 Å². The standard InChI is InChI=1S/C16H21NO3S/c1-4-17(11-15(18)19)16(20)13-7-5-6-8-14(13)21-10-9-12(2)3/h5-9H,4,10-11H2,1-3H3,(H,18,19). The second-order valence-electron chi connectivity index (χ2n) is 4.80. The maximum Gasteiger partial charge on any atom is 0.323 e. The van der Waals surface area contributed by atoms with E-state index >= 15 is 0 Å². The van der Waals surface area contributed by atoms with E-state index in [4.69, 9.17) is 5.11 Å². The molecular formula is C16H21NO3S. The van der Waals surface area contributed by atoms with E-state index < -0.39 is 5.97 Å². The lowest BCUT2D eigenvalue weighted by Crippen LogP contribution is -2.35. The van der Waals surface area contributed by atoms with Crippen molar-refractivity contribution in [2.45, 2.75) is 25.7 Å². The molecule has 21 heavy (non-hydrogen) atoms. The van der Waals surface area contributed by atoms with Crippen molar-refractivity contribution in [3.05, 3.63) is 41.5 Å². The molecule has 0 atom stereocenters. The highest BCUT2D eigenvalue weighted by atomic mass is 32.2. The Kier molecular flexibility index (Phi) is 7.02. The van der Waals surface area contributed by atoms with E-state index in [1.54, 1.807) is 30.8 Å². The smallest absolute Gasteiger partial charge is 0.323 e. The van der Waals surface area contributed by atoms with Gasteiger partial charge in [0, 0.05) is 17.2 Å². The fourth-order valence-corrected chi connectivity index (χ4v) is 2.81. The number of amides is 1. The van der Waals surface area contributed by atoms with E-state index in [1.165, 1.54) is 10.5 Å². The summed E-state index contributed by atoms with van der Waals surface area (Å²) >= 11 is 1.58. The topological polar surface area (TPSA) is 57.6 Å². The summed E-state index contributed by atoms with van der Waals surface area (Å²) in [6.45, 7) is 5.94. The molecule has 0 aromatic heterocycles. The quantitative estimate of drug-likeness (QED) is 0.620. The molecule has 0 heterocycles. The third-order valence-corrected chi connectivity index (χ3v) is 3.84. The summed E-state index contributed by atoms with van der Waals surface area (Å²) < 4.78 is 0. The molecule has 0 unspecified atom stereocenters. The van der Waals surface area contributed by atoms with Crippen LogP contribution in [0.25, 0.3) is 0 Å². The van der Waals surface area contributed by atoms with Gasteiger partial charge in [0.05, 0.1) is 5.56 Å². The molecule has 0 aliphatic heterocycles. The van der Waals surface area contributed by atoms with Crippen LogP contribution in [0, 0.1) is 0 Å². The molecule has 0 aliphatic rings. The van der Waals surface area contributed by atoms with Crippen LogP contribution in [-0.4, -0.2) is 40.7 Å². The molecule has 1 amide bonds. The van der Waals surface area contributed by atoms with E-state index in [1.807, 2.05) is 26.0 Å². The van der Waals surface area contributed by atoms with Gasteiger partial charge in [-0.3, -0.25) is 9.59 Å². The Balaban J connectivity index is 2.92. The van der Waals surface area contributed by atoms with Crippen LogP contribution in [0.5, 0.6) is 0 Å². The van der Waals surface area contributed by atoms with E-state index in [-0.39, 0.29) is 12.5 Å². The van der Waals surface area contributed by atoms with Gasteiger partial charge in [0.1, 0.15) is 6.54 Å². The van der Waals surface area contributed by atoms with Crippen LogP contribution >= 0.6 is 11.8 Å². The lowest BCUT2D eigenvalue weighted by atomic mass is 10.2. The molecule has 1 aromatic rings. The Morgan fingerprint density at radius 2 is 1.95 bits per heavy atom. The van der Waals surface area contributed by atoms with Crippen LogP contribution in [0.15, 0.2) is 40.8 Å². The van der Waals surface area contributed by atoms with Crippen LogP contribution in [0.1, 0.15) is 31.1 Å². The molecule has 0 saturated heterocycles. The summed E-state index contributed by atoms with van der Waals surface area (Å²) in [5, 5.41) is 8.88. The minimum absolute atomic E-state index is 0.236. The Bertz CT molecular complexity index is 536. The fraction of sp³-hybridized carbons (Fsp3) is 0.375. The zero-order valence-corrected chi connectivity index (χ0v) is 13.4. The molecule has 5 heteroatoms. The van der Waals surface area contributed by atoms with Gasteiger partial charge >= 0.3 is 5.97 Å². The largest absolute Gasteiger partial charge is 0.480 e. The summed E-state index contributed by atoms with van der Waals surface area (Å²) in [6.07, 6.45) is 2.10. The Labute approximate surface area is 129 Å². The molecule has 0 radical (unpaired) electrons. The highest BCUT2D eigenvalue weighted by Crippen LogP contribution is 2.24. The summed E-state index contributed by atoms with van der Waals surface area (Å²) in [6, 6.07) is 7.32. The van der Waals surface area contributed by atoms with Crippen LogP contribution in [0.3, 0.4) is 0 Å². The number of benzene rings is 1. The molecule has 0 aliphatic carbocycles. The summed E-state index contributed by atoms with van der Waals surface area (Å²) in [4.78, 5) is 25.5. The van der Waals surface area contributed by atoms with Gasteiger partial charge in [0.25, 0.3) is 5.91 Å². The number of carbonyl (C=O) groups is 2. The molecule has 1 aromatic carbocycles. The number of carbonyl (C=O) groups excluding carboxylic acids is 1. The highest BCUT2D eigenvalue weighted by Gasteiger charge is 2.19. The van der Waals surface area contributed by atoms with Crippen molar-refractivity contribution in [1.29, 1.82) is 0 Å².